The Balaban J connectivity index is 2.21. The molecule has 1 fully saturated rings. The van der Waals surface area contributed by atoms with E-state index < -0.39 is 0 Å². The summed E-state index contributed by atoms with van der Waals surface area (Å²) in [5.74, 6) is 0.575. The summed E-state index contributed by atoms with van der Waals surface area (Å²) in [4.78, 5) is 2.22. The molecule has 1 aliphatic carbocycles. The second-order valence-electron chi connectivity index (χ2n) is 6.31. The molecule has 0 spiro atoms. The van der Waals surface area contributed by atoms with Crippen molar-refractivity contribution in [3.63, 3.8) is 0 Å². The van der Waals surface area contributed by atoms with Gasteiger partial charge in [-0.2, -0.15) is 5.10 Å². The molecular weight excluding hydrogens is 328 g/mol. The van der Waals surface area contributed by atoms with E-state index in [1.54, 1.807) is 0 Å². The highest BCUT2D eigenvalue weighted by Crippen LogP contribution is 2.35. The van der Waals surface area contributed by atoms with Gasteiger partial charge in [0.15, 0.2) is 0 Å². The van der Waals surface area contributed by atoms with E-state index in [9.17, 15) is 0 Å². The average molecular weight is 357 g/mol. The molecule has 1 aromatic rings. The lowest BCUT2D eigenvalue weighted by Gasteiger charge is -2.27. The molecule has 120 valence electrons. The summed E-state index contributed by atoms with van der Waals surface area (Å²) in [6.07, 6.45) is 8.56. The van der Waals surface area contributed by atoms with Crippen LogP contribution in [0.4, 0.5) is 0 Å². The Kier molecular flexibility index (Phi) is 6.71. The van der Waals surface area contributed by atoms with E-state index in [4.69, 9.17) is 0 Å². The molecule has 5 heteroatoms. The van der Waals surface area contributed by atoms with E-state index in [0.717, 1.165) is 19.6 Å². The molecule has 1 aliphatic rings. The predicted octanol–water partition coefficient (Wildman–Crippen LogP) is 3.23. The monoisotopic (exact) mass is 356 g/mol. The van der Waals surface area contributed by atoms with Crippen molar-refractivity contribution < 1.29 is 0 Å². The van der Waals surface area contributed by atoms with Gasteiger partial charge in [-0.3, -0.25) is 4.68 Å². The average Bonchev–Trinajstić information content (AvgIpc) is 2.66. The summed E-state index contributed by atoms with van der Waals surface area (Å²) in [7, 11) is 4.23. The highest BCUT2D eigenvalue weighted by atomic mass is 79.9. The highest BCUT2D eigenvalue weighted by Gasteiger charge is 2.29. The van der Waals surface area contributed by atoms with E-state index in [1.807, 2.05) is 6.20 Å². The summed E-state index contributed by atoms with van der Waals surface area (Å²) < 4.78 is 3.39. The normalized spacial score (nSPS) is 23.5. The number of likely N-dealkylation sites (N-methyl/N-ethyl adjacent to an activating group) is 2. The molecule has 2 rings (SSSR count). The van der Waals surface area contributed by atoms with Crippen LogP contribution in [0.1, 0.15) is 50.6 Å². The number of nitrogens with zero attached hydrogens (tertiary/aromatic N) is 3. The first-order chi connectivity index (χ1) is 10.1. The van der Waals surface area contributed by atoms with E-state index in [-0.39, 0.29) is 0 Å². The molecule has 4 nitrogen and oxygen atoms in total. The van der Waals surface area contributed by atoms with Gasteiger partial charge in [0, 0.05) is 18.5 Å². The van der Waals surface area contributed by atoms with Crippen LogP contribution in [0.5, 0.6) is 0 Å². The van der Waals surface area contributed by atoms with Crippen LogP contribution >= 0.6 is 15.9 Å². The fourth-order valence-electron chi connectivity index (χ4n) is 3.35. The van der Waals surface area contributed by atoms with Gasteiger partial charge >= 0.3 is 0 Å². The number of halogens is 1. The second-order valence-corrected chi connectivity index (χ2v) is 7.17. The minimum absolute atomic E-state index is 0.575. The molecule has 1 heterocycles. The maximum atomic E-state index is 4.60. The lowest BCUT2D eigenvalue weighted by atomic mass is 9.91. The van der Waals surface area contributed by atoms with Crippen LogP contribution in [0.25, 0.3) is 0 Å². The van der Waals surface area contributed by atoms with Gasteiger partial charge in [0.1, 0.15) is 0 Å². The molecule has 1 saturated carbocycles. The van der Waals surface area contributed by atoms with Crippen molar-refractivity contribution in [1.82, 2.24) is 20.0 Å². The Morgan fingerprint density at radius 1 is 1.33 bits per heavy atom. The van der Waals surface area contributed by atoms with Crippen molar-refractivity contribution in [2.24, 2.45) is 0 Å². The maximum absolute atomic E-state index is 4.60. The van der Waals surface area contributed by atoms with Crippen molar-refractivity contribution >= 4 is 15.9 Å². The topological polar surface area (TPSA) is 33.1 Å². The number of nitrogens with one attached hydrogen (secondary N) is 1. The Bertz CT molecular complexity index is 430. The van der Waals surface area contributed by atoms with E-state index >= 15 is 0 Å². The van der Waals surface area contributed by atoms with Crippen LogP contribution in [0.15, 0.2) is 10.7 Å². The summed E-state index contributed by atoms with van der Waals surface area (Å²) in [5, 5.41) is 8.31. The number of hydrogen-bond donors (Lipinski definition) is 1. The maximum Gasteiger partial charge on any atom is 0.0635 e. The first-order valence-electron chi connectivity index (χ1n) is 8.22. The molecule has 2 atom stereocenters. The molecule has 1 aromatic heterocycles. The van der Waals surface area contributed by atoms with E-state index in [2.05, 4.69) is 56.9 Å². The van der Waals surface area contributed by atoms with Gasteiger partial charge in [-0.15, -0.1) is 0 Å². The smallest absolute Gasteiger partial charge is 0.0635 e. The van der Waals surface area contributed by atoms with Crippen molar-refractivity contribution in [1.29, 1.82) is 0 Å². The van der Waals surface area contributed by atoms with Gasteiger partial charge < -0.3 is 10.2 Å². The Morgan fingerprint density at radius 3 is 2.81 bits per heavy atom. The lowest BCUT2D eigenvalue weighted by Crippen LogP contribution is -2.35. The van der Waals surface area contributed by atoms with Crippen LogP contribution in [-0.2, 0) is 6.54 Å². The van der Waals surface area contributed by atoms with Crippen molar-refractivity contribution in [2.75, 3.05) is 27.2 Å². The minimum Gasteiger partial charge on any atom is -0.314 e. The van der Waals surface area contributed by atoms with Crippen LogP contribution in [0.3, 0.4) is 0 Å². The second kappa shape index (κ2) is 8.30. The van der Waals surface area contributed by atoms with Gasteiger partial charge in [-0.05, 0) is 49.4 Å². The number of hydrogen-bond acceptors (Lipinski definition) is 3. The SMILES string of the molecule is CCNC1CCCCCC1c1c(Br)cnn1CCN(C)C. The molecule has 0 amide bonds. The van der Waals surface area contributed by atoms with Crippen molar-refractivity contribution in [3.8, 4) is 0 Å². The fourth-order valence-corrected chi connectivity index (χ4v) is 3.95. The van der Waals surface area contributed by atoms with Crippen LogP contribution in [-0.4, -0.2) is 47.9 Å². The van der Waals surface area contributed by atoms with Gasteiger partial charge in [-0.25, -0.2) is 0 Å². The number of aromatic nitrogens is 2. The molecule has 0 saturated heterocycles. The van der Waals surface area contributed by atoms with E-state index in [0.29, 0.717) is 12.0 Å². The Labute approximate surface area is 137 Å². The first-order valence-corrected chi connectivity index (χ1v) is 9.02. The minimum atomic E-state index is 0.575. The third kappa shape index (κ3) is 4.54. The standard InChI is InChI=1S/C16H29BrN4/c1-4-18-15-9-7-5-6-8-13(15)16-14(17)12-19-21(16)11-10-20(2)3/h12-13,15,18H,4-11H2,1-3H3. The highest BCUT2D eigenvalue weighted by molar-refractivity contribution is 9.10. The van der Waals surface area contributed by atoms with E-state index in [1.165, 1.54) is 42.3 Å². The van der Waals surface area contributed by atoms with Gasteiger partial charge in [-0.1, -0.05) is 26.2 Å². The van der Waals surface area contributed by atoms with Gasteiger partial charge in [0.25, 0.3) is 0 Å². The number of rotatable bonds is 6. The molecule has 21 heavy (non-hydrogen) atoms. The van der Waals surface area contributed by atoms with Crippen molar-refractivity contribution in [3.05, 3.63) is 16.4 Å². The molecule has 0 aromatic carbocycles. The fraction of sp³-hybridized carbons (Fsp3) is 0.812. The molecular formula is C16H29BrN4. The summed E-state index contributed by atoms with van der Waals surface area (Å²) in [6, 6.07) is 0.587. The van der Waals surface area contributed by atoms with Crippen molar-refractivity contribution in [2.45, 2.75) is 57.5 Å². The zero-order valence-corrected chi connectivity index (χ0v) is 15.2. The molecule has 1 N–H and O–H groups in total. The van der Waals surface area contributed by atoms with Gasteiger partial charge in [0.2, 0.25) is 0 Å². The molecule has 0 radical (unpaired) electrons. The third-order valence-corrected chi connectivity index (χ3v) is 5.04. The lowest BCUT2D eigenvalue weighted by molar-refractivity contribution is 0.351. The van der Waals surface area contributed by atoms with Crippen LogP contribution < -0.4 is 5.32 Å². The quantitative estimate of drug-likeness (QED) is 0.794. The zero-order chi connectivity index (χ0) is 15.2. The predicted molar refractivity (Wildman–Crippen MR) is 91.8 cm³/mol. The largest absolute Gasteiger partial charge is 0.314 e. The summed E-state index contributed by atoms with van der Waals surface area (Å²) in [5.41, 5.74) is 1.39. The Morgan fingerprint density at radius 2 is 2.10 bits per heavy atom. The first kappa shape index (κ1) is 17.0. The van der Waals surface area contributed by atoms with Gasteiger partial charge in [0.05, 0.1) is 22.9 Å². The molecule has 0 aliphatic heterocycles. The zero-order valence-electron chi connectivity index (χ0n) is 13.6. The summed E-state index contributed by atoms with van der Waals surface area (Å²) >= 11 is 3.74. The third-order valence-electron chi connectivity index (χ3n) is 4.43. The molecule has 0 bridgehead atoms. The Hall–Kier alpha value is -0.390. The van der Waals surface area contributed by atoms with Crippen LogP contribution in [0.2, 0.25) is 0 Å². The summed E-state index contributed by atoms with van der Waals surface area (Å²) in [6.45, 7) is 5.24. The van der Waals surface area contributed by atoms with Crippen LogP contribution in [0, 0.1) is 0 Å². The molecule has 2 unspecified atom stereocenters.